The van der Waals surface area contributed by atoms with Gasteiger partial charge in [-0.05, 0) is 49.1 Å². The summed E-state index contributed by atoms with van der Waals surface area (Å²) in [6.45, 7) is 1.37. The zero-order valence-electron chi connectivity index (χ0n) is 23.5. The van der Waals surface area contributed by atoms with Crippen LogP contribution in [0.15, 0.2) is 59.6 Å². The Labute approximate surface area is 254 Å². The number of urea groups is 1. The van der Waals surface area contributed by atoms with Gasteiger partial charge in [-0.15, -0.1) is 0 Å². The van der Waals surface area contributed by atoms with Gasteiger partial charge in [0.15, 0.2) is 0 Å². The normalized spacial score (nSPS) is 21.7. The van der Waals surface area contributed by atoms with Crippen LogP contribution in [0.4, 0.5) is 27.2 Å². The Morgan fingerprint density at radius 1 is 1.09 bits per heavy atom. The maximum absolute atomic E-state index is 14.6. The minimum Gasteiger partial charge on any atom is -0.465 e. The van der Waals surface area contributed by atoms with E-state index >= 15 is 0 Å². The molecule has 2 aromatic carbocycles. The number of likely N-dealkylation sites (N-methyl/N-ethyl adjacent to an activating group) is 1. The molecule has 0 spiro atoms. The predicted molar refractivity (Wildman–Crippen MR) is 152 cm³/mol. The molecule has 0 saturated heterocycles. The number of hydrogen-bond acceptors (Lipinski definition) is 5. The zero-order valence-corrected chi connectivity index (χ0v) is 24.2. The molecule has 0 saturated carbocycles. The quantitative estimate of drug-likeness (QED) is 0.143. The first-order valence-corrected chi connectivity index (χ1v) is 13.8. The number of carbonyl (C=O) groups is 4. The highest BCUT2D eigenvalue weighted by Crippen LogP contribution is 2.46. The van der Waals surface area contributed by atoms with Gasteiger partial charge in [0.1, 0.15) is 11.2 Å². The molecular formula is C29H28ClF4N5O5. The summed E-state index contributed by atoms with van der Waals surface area (Å²) in [5.41, 5.74) is -2.16. The monoisotopic (exact) mass is 637 g/mol. The number of nitrogens with zero attached hydrogens (tertiary/aromatic N) is 3. The Bertz CT molecular complexity index is 1500. The van der Waals surface area contributed by atoms with Gasteiger partial charge in [-0.25, -0.2) is 19.0 Å². The van der Waals surface area contributed by atoms with Crippen LogP contribution in [0.5, 0.6) is 0 Å². The number of fused-ring (bicyclic) bond motifs is 1. The molecular weight excluding hydrogens is 610 g/mol. The molecule has 0 bridgehead atoms. The molecule has 10 nitrogen and oxygen atoms in total. The van der Waals surface area contributed by atoms with Crippen molar-refractivity contribution in [2.75, 3.05) is 7.05 Å². The second-order valence-electron chi connectivity index (χ2n) is 10.3. The first-order valence-electron chi connectivity index (χ1n) is 13.4. The molecule has 2 heterocycles. The molecule has 0 radical (unpaired) electrons. The summed E-state index contributed by atoms with van der Waals surface area (Å²) < 4.78 is 57.5. The van der Waals surface area contributed by atoms with Crippen LogP contribution in [0.3, 0.4) is 0 Å². The van der Waals surface area contributed by atoms with Crippen LogP contribution < -0.4 is 10.6 Å². The molecule has 3 N–H and O–H groups in total. The summed E-state index contributed by atoms with van der Waals surface area (Å²) in [5, 5.41) is 13.6. The molecule has 234 valence electrons. The van der Waals surface area contributed by atoms with E-state index in [0.29, 0.717) is 12.3 Å². The number of aliphatic imine (C=N–C) groups is 1. The predicted octanol–water partition coefficient (Wildman–Crippen LogP) is 5.59. The second-order valence-corrected chi connectivity index (χ2v) is 10.7. The van der Waals surface area contributed by atoms with Crippen molar-refractivity contribution in [3.63, 3.8) is 0 Å². The molecule has 0 aromatic heterocycles. The van der Waals surface area contributed by atoms with Crippen LogP contribution in [0.1, 0.15) is 52.5 Å². The van der Waals surface area contributed by atoms with Crippen LogP contribution >= 0.6 is 11.6 Å². The molecule has 3 atom stereocenters. The van der Waals surface area contributed by atoms with Gasteiger partial charge in [0.2, 0.25) is 5.79 Å². The van der Waals surface area contributed by atoms with Crippen molar-refractivity contribution in [1.29, 1.82) is 0 Å². The standard InChI is InChI=1S/C29H28ClF4N5O5/c1-3-18(39-23(40)19-8-4-5-9-20(19)24(39)41)11-12-27(29(32,33)34)13-14-28(36-16-27,37-26(43)44)38(2)25(42)35-15-17-7-6-10-21(31)22(17)30/h4-10,13-14,16,18,37H,3,11-12,15H2,1-2H3,(H,35,42)(H,43,44)/t18?,27?,28-/m1/s1. The summed E-state index contributed by atoms with van der Waals surface area (Å²) in [7, 11) is 1.11. The number of imide groups is 1. The number of rotatable bonds is 9. The van der Waals surface area contributed by atoms with Gasteiger partial charge in [-0.3, -0.25) is 24.7 Å². The van der Waals surface area contributed by atoms with Gasteiger partial charge in [-0.1, -0.05) is 48.9 Å². The minimum absolute atomic E-state index is 0.172. The summed E-state index contributed by atoms with van der Waals surface area (Å²) in [6.07, 6.45) is -5.27. The number of halogens is 5. The molecule has 15 heteroatoms. The van der Waals surface area contributed by atoms with E-state index in [1.165, 1.54) is 24.3 Å². The first kappa shape index (κ1) is 32.5. The van der Waals surface area contributed by atoms with Crippen molar-refractivity contribution in [2.24, 2.45) is 10.4 Å². The van der Waals surface area contributed by atoms with Crippen LogP contribution in [-0.2, 0) is 6.54 Å². The number of hydrogen-bond donors (Lipinski definition) is 3. The fraction of sp³-hybridized carbons (Fsp3) is 0.345. The second kappa shape index (κ2) is 12.3. The lowest BCUT2D eigenvalue weighted by atomic mass is 9.79. The average Bonchev–Trinajstić information content (AvgIpc) is 3.23. The lowest BCUT2D eigenvalue weighted by Gasteiger charge is -2.41. The number of nitrogens with one attached hydrogen (secondary N) is 2. The molecule has 2 aromatic rings. The maximum Gasteiger partial charge on any atom is 0.408 e. The van der Waals surface area contributed by atoms with Gasteiger partial charge < -0.3 is 10.4 Å². The SMILES string of the molecule is CCC(CCC1(C(F)(F)F)C=C[C@@](NC(=O)O)(N(C)C(=O)NCc2cccc(F)c2Cl)N=C1)N1C(=O)c2ccccc2C1=O. The number of alkyl halides is 3. The highest BCUT2D eigenvalue weighted by atomic mass is 35.5. The van der Waals surface area contributed by atoms with Crippen molar-refractivity contribution in [2.45, 2.75) is 50.7 Å². The topological polar surface area (TPSA) is 131 Å². The van der Waals surface area contributed by atoms with Gasteiger partial charge in [0.05, 0.1) is 16.1 Å². The molecule has 44 heavy (non-hydrogen) atoms. The third-order valence-corrected chi connectivity index (χ3v) is 8.18. The summed E-state index contributed by atoms with van der Waals surface area (Å²) in [5.74, 6) is -4.19. The minimum atomic E-state index is -4.92. The van der Waals surface area contributed by atoms with E-state index < -0.39 is 59.6 Å². The molecule has 5 amide bonds. The van der Waals surface area contributed by atoms with Crippen molar-refractivity contribution >= 4 is 41.8 Å². The first-order chi connectivity index (χ1) is 20.7. The van der Waals surface area contributed by atoms with E-state index in [4.69, 9.17) is 11.6 Å². The van der Waals surface area contributed by atoms with E-state index in [9.17, 15) is 41.8 Å². The smallest absolute Gasteiger partial charge is 0.408 e. The maximum atomic E-state index is 14.6. The number of allylic oxidation sites excluding steroid dienone is 1. The lowest BCUT2D eigenvalue weighted by Crippen LogP contribution is -2.62. The van der Waals surface area contributed by atoms with Crippen LogP contribution in [-0.4, -0.2) is 70.1 Å². The highest BCUT2D eigenvalue weighted by molar-refractivity contribution is 6.31. The van der Waals surface area contributed by atoms with Gasteiger partial charge in [-0.2, -0.15) is 13.2 Å². The molecule has 2 aliphatic heterocycles. The number of benzene rings is 2. The third kappa shape index (κ3) is 5.98. The Morgan fingerprint density at radius 2 is 1.73 bits per heavy atom. The van der Waals surface area contributed by atoms with E-state index in [1.54, 1.807) is 19.1 Å². The van der Waals surface area contributed by atoms with Crippen LogP contribution in [0.2, 0.25) is 5.02 Å². The Kier molecular flexibility index (Phi) is 9.05. The summed E-state index contributed by atoms with van der Waals surface area (Å²) in [6, 6.07) is 8.22. The largest absolute Gasteiger partial charge is 0.465 e. The van der Waals surface area contributed by atoms with Gasteiger partial charge in [0, 0.05) is 25.8 Å². The molecule has 4 rings (SSSR count). The summed E-state index contributed by atoms with van der Waals surface area (Å²) >= 11 is 5.91. The molecule has 2 unspecified atom stereocenters. The van der Waals surface area contributed by atoms with E-state index in [-0.39, 0.29) is 41.1 Å². The van der Waals surface area contributed by atoms with Crippen LogP contribution in [0, 0.1) is 11.2 Å². The number of carboxylic acid groups (broad SMARTS) is 1. The molecule has 2 aliphatic rings. The Hall–Kier alpha value is -4.46. The fourth-order valence-electron chi connectivity index (χ4n) is 5.13. The van der Waals surface area contributed by atoms with Crippen LogP contribution in [0.25, 0.3) is 0 Å². The number of dihydropyridines is 1. The lowest BCUT2D eigenvalue weighted by molar-refractivity contribution is -0.183. The zero-order chi connectivity index (χ0) is 32.4. The summed E-state index contributed by atoms with van der Waals surface area (Å²) in [4.78, 5) is 56.1. The van der Waals surface area contributed by atoms with E-state index in [2.05, 4.69) is 10.3 Å². The van der Waals surface area contributed by atoms with E-state index in [0.717, 1.165) is 29.0 Å². The average molecular weight is 638 g/mol. The van der Waals surface area contributed by atoms with Gasteiger partial charge in [0.25, 0.3) is 11.8 Å². The van der Waals surface area contributed by atoms with Crippen molar-refractivity contribution in [3.8, 4) is 0 Å². The number of amides is 5. The van der Waals surface area contributed by atoms with E-state index in [1.807, 2.05) is 5.32 Å². The molecule has 0 fully saturated rings. The highest BCUT2D eigenvalue weighted by Gasteiger charge is 2.55. The molecule has 0 aliphatic carbocycles. The van der Waals surface area contributed by atoms with Crippen molar-refractivity contribution in [1.82, 2.24) is 20.4 Å². The van der Waals surface area contributed by atoms with Crippen molar-refractivity contribution < 1.29 is 41.8 Å². The Morgan fingerprint density at radius 3 is 2.25 bits per heavy atom. The third-order valence-electron chi connectivity index (χ3n) is 7.75. The van der Waals surface area contributed by atoms with Crippen molar-refractivity contribution in [3.05, 3.63) is 82.1 Å². The fourth-order valence-corrected chi connectivity index (χ4v) is 5.32. The van der Waals surface area contributed by atoms with Gasteiger partial charge >= 0.3 is 18.3 Å². The number of carbonyl (C=O) groups excluding carboxylic acids is 3. The Balaban J connectivity index is 1.56.